The van der Waals surface area contributed by atoms with Crippen molar-refractivity contribution in [2.24, 2.45) is 0 Å². The van der Waals surface area contributed by atoms with Gasteiger partial charge in [-0.1, -0.05) is 37.4 Å². The molecule has 1 amide bonds. The van der Waals surface area contributed by atoms with Crippen molar-refractivity contribution in [3.8, 4) is 0 Å². The summed E-state index contributed by atoms with van der Waals surface area (Å²) in [5, 5.41) is 3.68. The Bertz CT molecular complexity index is 438. The predicted molar refractivity (Wildman–Crippen MR) is 81.5 cm³/mol. The largest absolute Gasteiger partial charge is 0.384 e. The van der Waals surface area contributed by atoms with Crippen LogP contribution < -0.4 is 11.1 Å². The topological polar surface area (TPSA) is 80.9 Å². The lowest BCUT2D eigenvalue weighted by Gasteiger charge is -2.15. The van der Waals surface area contributed by atoms with Crippen LogP contribution in [0, 0.1) is 6.92 Å². The third-order valence-corrected chi connectivity index (χ3v) is 4.25. The Morgan fingerprint density at radius 3 is 2.70 bits per heavy atom. The van der Waals surface area contributed by atoms with Crippen molar-refractivity contribution in [3.05, 3.63) is 11.8 Å². The summed E-state index contributed by atoms with van der Waals surface area (Å²) in [4.78, 5) is 20.3. The number of hydrogen-bond acceptors (Lipinski definition) is 5. The molecular formula is C14H22N4OS. The van der Waals surface area contributed by atoms with Gasteiger partial charge in [0.05, 0.1) is 5.75 Å². The summed E-state index contributed by atoms with van der Waals surface area (Å²) in [6.45, 7) is 1.87. The first kappa shape index (κ1) is 15.1. The van der Waals surface area contributed by atoms with Crippen molar-refractivity contribution < 1.29 is 4.79 Å². The molecule has 1 aromatic heterocycles. The van der Waals surface area contributed by atoms with E-state index in [2.05, 4.69) is 15.3 Å². The number of carbonyl (C=O) groups is 1. The van der Waals surface area contributed by atoms with E-state index >= 15 is 0 Å². The Morgan fingerprint density at radius 2 is 2.05 bits per heavy atom. The molecule has 0 saturated heterocycles. The molecule has 1 saturated carbocycles. The number of thioether (sulfide) groups is 1. The Morgan fingerprint density at radius 1 is 1.35 bits per heavy atom. The number of amides is 1. The summed E-state index contributed by atoms with van der Waals surface area (Å²) < 4.78 is 0. The van der Waals surface area contributed by atoms with Crippen LogP contribution in [0.15, 0.2) is 11.2 Å². The zero-order valence-corrected chi connectivity index (χ0v) is 12.7. The highest BCUT2D eigenvalue weighted by Crippen LogP contribution is 2.18. The van der Waals surface area contributed by atoms with Crippen molar-refractivity contribution in [3.63, 3.8) is 0 Å². The molecule has 0 aliphatic heterocycles. The number of anilines is 1. The molecule has 1 aliphatic carbocycles. The van der Waals surface area contributed by atoms with Crippen LogP contribution in [0.2, 0.25) is 0 Å². The highest BCUT2D eigenvalue weighted by Gasteiger charge is 2.15. The SMILES string of the molecule is Cc1cc(N)nc(SCC(=O)NC2CCCCCC2)n1. The second-order valence-corrected chi connectivity index (χ2v) is 6.20. The fourth-order valence-electron chi connectivity index (χ4n) is 2.45. The van der Waals surface area contributed by atoms with Crippen LogP contribution in [0.4, 0.5) is 5.82 Å². The molecular weight excluding hydrogens is 272 g/mol. The number of rotatable bonds is 4. The zero-order valence-electron chi connectivity index (χ0n) is 11.9. The van der Waals surface area contributed by atoms with Crippen LogP contribution in [0.3, 0.4) is 0 Å². The molecule has 5 nitrogen and oxygen atoms in total. The monoisotopic (exact) mass is 294 g/mol. The van der Waals surface area contributed by atoms with E-state index < -0.39 is 0 Å². The summed E-state index contributed by atoms with van der Waals surface area (Å²) in [5.74, 6) is 0.856. The Labute approximate surface area is 124 Å². The molecule has 6 heteroatoms. The minimum Gasteiger partial charge on any atom is -0.384 e. The van der Waals surface area contributed by atoms with Gasteiger partial charge in [-0.15, -0.1) is 0 Å². The molecule has 0 atom stereocenters. The molecule has 0 bridgehead atoms. The smallest absolute Gasteiger partial charge is 0.230 e. The fraction of sp³-hybridized carbons (Fsp3) is 0.643. The van der Waals surface area contributed by atoms with E-state index in [1.165, 1.54) is 37.4 Å². The maximum Gasteiger partial charge on any atom is 0.230 e. The van der Waals surface area contributed by atoms with E-state index in [4.69, 9.17) is 5.73 Å². The molecule has 0 spiro atoms. The lowest BCUT2D eigenvalue weighted by atomic mass is 10.1. The van der Waals surface area contributed by atoms with E-state index in [9.17, 15) is 4.79 Å². The molecule has 1 aliphatic rings. The van der Waals surface area contributed by atoms with Crippen LogP contribution >= 0.6 is 11.8 Å². The third-order valence-electron chi connectivity index (χ3n) is 3.41. The van der Waals surface area contributed by atoms with E-state index in [0.717, 1.165) is 18.5 Å². The van der Waals surface area contributed by atoms with Crippen molar-refractivity contribution in [2.45, 2.75) is 56.6 Å². The minimum atomic E-state index is 0.0607. The summed E-state index contributed by atoms with van der Waals surface area (Å²) in [6, 6.07) is 2.06. The van der Waals surface area contributed by atoms with Gasteiger partial charge in [0.25, 0.3) is 0 Å². The Hall–Kier alpha value is -1.30. The second kappa shape index (κ2) is 7.47. The lowest BCUT2D eigenvalue weighted by molar-refractivity contribution is -0.119. The summed E-state index contributed by atoms with van der Waals surface area (Å²) in [5.41, 5.74) is 6.49. The number of nitrogens with two attached hydrogens (primary N) is 1. The minimum absolute atomic E-state index is 0.0607. The fourth-order valence-corrected chi connectivity index (χ4v) is 3.17. The summed E-state index contributed by atoms with van der Waals surface area (Å²) in [7, 11) is 0. The van der Waals surface area contributed by atoms with E-state index in [-0.39, 0.29) is 5.91 Å². The zero-order chi connectivity index (χ0) is 14.4. The van der Waals surface area contributed by atoms with Gasteiger partial charge in [0.2, 0.25) is 5.91 Å². The van der Waals surface area contributed by atoms with Crippen molar-refractivity contribution in [1.29, 1.82) is 0 Å². The number of nitrogen functional groups attached to an aromatic ring is 1. The average Bonchev–Trinajstić information content (AvgIpc) is 2.64. The van der Waals surface area contributed by atoms with Crippen molar-refractivity contribution in [2.75, 3.05) is 11.5 Å². The molecule has 1 aromatic rings. The number of carbonyl (C=O) groups excluding carboxylic acids is 1. The molecule has 2 rings (SSSR count). The highest BCUT2D eigenvalue weighted by atomic mass is 32.2. The standard InChI is InChI=1S/C14H22N4OS/c1-10-8-12(15)18-14(16-10)20-9-13(19)17-11-6-4-2-3-5-7-11/h8,11H,2-7,9H2,1H3,(H,17,19)(H2,15,16,18). The molecule has 0 radical (unpaired) electrons. The number of aromatic nitrogens is 2. The molecule has 110 valence electrons. The molecule has 1 heterocycles. The average molecular weight is 294 g/mol. The number of nitrogens with one attached hydrogen (secondary N) is 1. The van der Waals surface area contributed by atoms with E-state index in [1.807, 2.05) is 6.92 Å². The van der Waals surface area contributed by atoms with Crippen LogP contribution in [-0.2, 0) is 4.79 Å². The van der Waals surface area contributed by atoms with Crippen LogP contribution in [-0.4, -0.2) is 27.7 Å². The molecule has 0 unspecified atom stereocenters. The van der Waals surface area contributed by atoms with Crippen LogP contribution in [0.5, 0.6) is 0 Å². The van der Waals surface area contributed by atoms with Crippen LogP contribution in [0.1, 0.15) is 44.2 Å². The first-order valence-electron chi connectivity index (χ1n) is 7.17. The predicted octanol–water partition coefficient (Wildman–Crippen LogP) is 2.30. The number of aryl methyl sites for hydroxylation is 1. The van der Waals surface area contributed by atoms with Crippen LogP contribution in [0.25, 0.3) is 0 Å². The molecule has 20 heavy (non-hydrogen) atoms. The summed E-state index contributed by atoms with van der Waals surface area (Å²) >= 11 is 1.34. The Balaban J connectivity index is 1.79. The van der Waals surface area contributed by atoms with Crippen molar-refractivity contribution in [1.82, 2.24) is 15.3 Å². The Kier molecular flexibility index (Phi) is 5.64. The van der Waals surface area contributed by atoms with Gasteiger partial charge in [-0.25, -0.2) is 9.97 Å². The van der Waals surface area contributed by atoms with Gasteiger partial charge in [0.1, 0.15) is 5.82 Å². The third kappa shape index (κ3) is 5.00. The first-order chi connectivity index (χ1) is 9.63. The highest BCUT2D eigenvalue weighted by molar-refractivity contribution is 7.99. The van der Waals surface area contributed by atoms with Gasteiger partial charge in [-0.2, -0.15) is 0 Å². The number of hydrogen-bond donors (Lipinski definition) is 2. The molecule has 0 aromatic carbocycles. The molecule has 1 fully saturated rings. The van der Waals surface area contributed by atoms with E-state index in [1.54, 1.807) is 6.07 Å². The van der Waals surface area contributed by atoms with Gasteiger partial charge in [-0.3, -0.25) is 4.79 Å². The van der Waals surface area contributed by atoms with Gasteiger partial charge in [0, 0.05) is 17.8 Å². The molecule has 3 N–H and O–H groups in total. The maximum atomic E-state index is 11.9. The first-order valence-corrected chi connectivity index (χ1v) is 8.15. The maximum absolute atomic E-state index is 11.9. The van der Waals surface area contributed by atoms with Gasteiger partial charge >= 0.3 is 0 Å². The van der Waals surface area contributed by atoms with Gasteiger partial charge in [-0.05, 0) is 19.8 Å². The van der Waals surface area contributed by atoms with E-state index in [0.29, 0.717) is 22.8 Å². The lowest BCUT2D eigenvalue weighted by Crippen LogP contribution is -2.35. The second-order valence-electron chi connectivity index (χ2n) is 5.26. The van der Waals surface area contributed by atoms with Crippen molar-refractivity contribution >= 4 is 23.5 Å². The normalized spacial score (nSPS) is 16.6. The van der Waals surface area contributed by atoms with Gasteiger partial charge in [0.15, 0.2) is 5.16 Å². The number of nitrogens with zero attached hydrogens (tertiary/aromatic N) is 2. The summed E-state index contributed by atoms with van der Waals surface area (Å²) in [6.07, 6.45) is 7.22. The quantitative estimate of drug-likeness (QED) is 0.506. The van der Waals surface area contributed by atoms with Gasteiger partial charge < -0.3 is 11.1 Å².